The molecule has 0 bridgehead atoms. The first-order chi connectivity index (χ1) is 64.4. The fourth-order valence-corrected chi connectivity index (χ4v) is 327. The number of nitrogens with zero attached hydrogens (tertiary/aromatic N) is 6. The number of fused-ring (bicyclic) bond motifs is 9. The van der Waals surface area contributed by atoms with E-state index in [9.17, 15) is 0 Å². The average molecular weight is 2580 g/mol. The molecular formula is C116H142Ir3N6O3Si12-6. The van der Waals surface area contributed by atoms with Gasteiger partial charge in [-0.15, -0.1) is 161 Å². The second kappa shape index (κ2) is 46.1. The number of para-hydroxylation sites is 3. The van der Waals surface area contributed by atoms with Crippen molar-refractivity contribution in [1.82, 2.24) is 29.9 Å². The zero-order chi connectivity index (χ0) is 99.3. The normalized spacial score (nSPS) is 12.4. The minimum Gasteiger partial charge on any atom is -0.476 e. The first-order valence-corrected chi connectivity index (χ1v) is 95.0. The zero-order valence-electron chi connectivity index (χ0n) is 88.0. The molecule has 0 saturated heterocycles. The molecule has 9 heterocycles. The smallest absolute Gasteiger partial charge is 0.123 e. The largest absolute Gasteiger partial charge is 0.476 e. The van der Waals surface area contributed by atoms with E-state index < -0.39 is 88.2 Å². The molecule has 9 nitrogen and oxygen atoms in total. The molecule has 0 N–H and O–H groups in total. The van der Waals surface area contributed by atoms with Gasteiger partial charge in [0.1, 0.15) is 16.7 Å². The summed E-state index contributed by atoms with van der Waals surface area (Å²) in [5.41, 5.74) is 20.6. The number of rotatable bonds is 20. The van der Waals surface area contributed by atoms with Gasteiger partial charge in [-0.05, 0) is 116 Å². The number of furan rings is 3. The summed E-state index contributed by atoms with van der Waals surface area (Å²) in [6.45, 7) is 73.5. The fraction of sp³-hybridized carbons (Fsp3) is 0.276. The minimum absolute atomic E-state index is 0. The van der Waals surface area contributed by atoms with Gasteiger partial charge >= 0.3 is 0 Å². The zero-order valence-corrected chi connectivity index (χ0v) is 107. The van der Waals surface area contributed by atoms with Crippen molar-refractivity contribution in [2.45, 2.75) is 204 Å². The van der Waals surface area contributed by atoms with Gasteiger partial charge in [-0.3, -0.25) is 0 Å². The molecule has 9 aromatic heterocycles. The van der Waals surface area contributed by atoms with E-state index in [1.807, 2.05) is 164 Å². The van der Waals surface area contributed by atoms with Crippen LogP contribution in [0.2, 0.25) is 177 Å². The molecule has 140 heavy (non-hydrogen) atoms. The van der Waals surface area contributed by atoms with E-state index in [4.69, 9.17) is 28.2 Å². The van der Waals surface area contributed by atoms with Gasteiger partial charge in [0, 0.05) is 166 Å². The maximum absolute atomic E-state index is 6.20. The van der Waals surface area contributed by atoms with Gasteiger partial charge in [0.25, 0.3) is 0 Å². The SMILES string of the molecule is CC(C)Cc1cc(-c2[c-]cc3c(c2)oc2ccccc23)ncc1[Si]([Si](C)(C)C)([Si](C)(C)C)[Si](C)(C)C.C[Si](C)(C)[Si](c1ccc(-c2[c-]cc3c(c2)oc2ccccc23)nc1)([Si](C)(C)C)[Si](C)(C)C.Cc1cc(-c2[c-]cc3c(c2)oc2ccccc23)ncc1[Si]([Si](C)(C)C)([Si](C)(C)C)[Si](C)(C)C.[Ir].[Ir].[Ir].[c-]1ccccc1-c1ccccn1.[c-]1ccccc1-c1ccccn1.[c-]1ccccc1-c1ccccn1. The number of aromatic nitrogens is 6. The predicted molar refractivity (Wildman–Crippen MR) is 622 cm³/mol. The summed E-state index contributed by atoms with van der Waals surface area (Å²) in [7, 11) is -13.0. The number of aryl methyl sites for hydroxylation is 1. The Bertz CT molecular complexity index is 6720. The third-order valence-electron chi connectivity index (χ3n) is 27.6. The van der Waals surface area contributed by atoms with Crippen molar-refractivity contribution in [2.24, 2.45) is 5.92 Å². The van der Waals surface area contributed by atoms with E-state index in [0.717, 1.165) is 140 Å². The second-order valence-corrected chi connectivity index (χ2v) is 167. The summed E-state index contributed by atoms with van der Waals surface area (Å²) in [6, 6.07) is 108. The Morgan fingerprint density at radius 3 is 0.821 bits per heavy atom. The molecule has 0 aliphatic carbocycles. The van der Waals surface area contributed by atoms with E-state index in [1.165, 1.54) is 5.56 Å². The first-order valence-electron chi connectivity index (χ1n) is 48.5. The van der Waals surface area contributed by atoms with E-state index in [1.54, 1.807) is 39.7 Å². The molecule has 24 heteroatoms. The van der Waals surface area contributed by atoms with E-state index in [2.05, 4.69) is 365 Å². The van der Waals surface area contributed by atoms with Crippen LogP contribution in [0.5, 0.6) is 0 Å². The molecule has 0 aliphatic rings. The van der Waals surface area contributed by atoms with Crippen molar-refractivity contribution < 1.29 is 73.6 Å². The average Bonchev–Trinajstić information content (AvgIpc) is 0.848. The quantitative estimate of drug-likeness (QED) is 0.0543. The van der Waals surface area contributed by atoms with Gasteiger partial charge in [-0.25, -0.2) is 0 Å². The van der Waals surface area contributed by atoms with Crippen molar-refractivity contribution in [3.05, 3.63) is 346 Å². The summed E-state index contributed by atoms with van der Waals surface area (Å²) < 4.78 is 18.4. The second-order valence-electron chi connectivity index (χ2n) is 46.3. The molecule has 0 fully saturated rings. The van der Waals surface area contributed by atoms with Crippen LogP contribution in [0.4, 0.5) is 0 Å². The Kier molecular flexibility index (Phi) is 37.4. The van der Waals surface area contributed by atoms with E-state index >= 15 is 0 Å². The number of hydrogen-bond acceptors (Lipinski definition) is 9. The Morgan fingerprint density at radius 1 is 0.250 bits per heavy atom. The Labute approximate surface area is 887 Å². The van der Waals surface area contributed by atoms with Gasteiger partial charge in [0.15, 0.2) is 0 Å². The van der Waals surface area contributed by atoms with E-state index in [-0.39, 0.29) is 60.3 Å². The van der Waals surface area contributed by atoms with Crippen molar-refractivity contribution in [3.63, 3.8) is 0 Å². The molecule has 18 aromatic rings. The van der Waals surface area contributed by atoms with Crippen LogP contribution in [0.3, 0.4) is 0 Å². The maximum atomic E-state index is 6.20. The summed E-state index contributed by atoms with van der Waals surface area (Å²) in [5.74, 6) is 0.609. The van der Waals surface area contributed by atoms with Crippen LogP contribution in [0.15, 0.2) is 311 Å². The molecule has 0 amide bonds. The van der Waals surface area contributed by atoms with Crippen LogP contribution in [0.25, 0.3) is 133 Å². The van der Waals surface area contributed by atoms with Crippen molar-refractivity contribution in [2.75, 3.05) is 0 Å². The molecule has 3 radical (unpaired) electrons. The monoisotopic (exact) mass is 2580 g/mol. The summed E-state index contributed by atoms with van der Waals surface area (Å²) in [6.07, 6.45) is 13.4. The van der Waals surface area contributed by atoms with Crippen LogP contribution in [-0.2, 0) is 66.7 Å². The van der Waals surface area contributed by atoms with Crippen molar-refractivity contribution >= 4 is 170 Å². The molecule has 0 atom stereocenters. The van der Waals surface area contributed by atoms with Crippen LogP contribution in [-0.4, -0.2) is 118 Å². The molecule has 18 rings (SSSR count). The van der Waals surface area contributed by atoms with Crippen LogP contribution in [0, 0.1) is 49.2 Å². The van der Waals surface area contributed by atoms with Crippen LogP contribution in [0.1, 0.15) is 25.0 Å². The van der Waals surface area contributed by atoms with Crippen LogP contribution >= 0.6 is 0 Å². The Morgan fingerprint density at radius 2 is 0.536 bits per heavy atom. The molecule has 0 saturated carbocycles. The van der Waals surface area contributed by atoms with Gasteiger partial charge in [-0.2, -0.15) is 0 Å². The number of pyridine rings is 6. The molecule has 0 unspecified atom stereocenters. The fourth-order valence-electron chi connectivity index (χ4n) is 26.0. The summed E-state index contributed by atoms with van der Waals surface area (Å²) in [4.78, 5) is 28.0. The first kappa shape index (κ1) is 114. The summed E-state index contributed by atoms with van der Waals surface area (Å²) >= 11 is 0. The topological polar surface area (TPSA) is 117 Å². The minimum atomic E-state index is -1.75. The molecule has 0 spiro atoms. The standard InChI is InChI=1S/C30H44NOSi4.C27H38NOSi4.C26H36NOSi4.3C11H8N.3Ir/c1-22(2)18-24-19-27(23-16-17-26-25-14-12-13-15-28(25)32-29(26)20-23)31-21-30(24)36(33(3,4)5,34(6,7)8)35(9,10)11;1-20-17-24(21-15-16-23-22-13-11-12-14-25(22)29-26(23)18-21)28-19-27(20)33(30(2,3)4,31(5,6)7)32(8,9)10;1-29(2,3)32(30(4,5)6,31(7,8)9)21-15-17-24(27-19-21)20-14-16-23-22-12-10-11-13-25(22)28-26(23)18-20;3*1-2-6-10(7-3-1)11-8-4-5-9-12-11;;;/h12-15,17,19-22H,18H2,1-11H3;11-14,16-19H,1-10H3;10-13,15-19H,1-9H3;3*1-6,8-9H;;;/q6*-1;;;. The van der Waals surface area contributed by atoms with Gasteiger partial charge < -0.3 is 43.2 Å². The molecular weight excluding hydrogens is 2440 g/mol. The maximum Gasteiger partial charge on any atom is 0.123 e. The number of hydrogen-bond donors (Lipinski definition) is 0. The Balaban J connectivity index is 0.000000182. The van der Waals surface area contributed by atoms with E-state index in [0.29, 0.717) is 5.92 Å². The third kappa shape index (κ3) is 24.1. The van der Waals surface area contributed by atoms with Gasteiger partial charge in [0.05, 0.1) is 36.6 Å². The molecule has 9 aromatic carbocycles. The third-order valence-corrected chi connectivity index (χ3v) is 241. The molecule has 735 valence electrons. The van der Waals surface area contributed by atoms with Crippen LogP contribution < -0.4 is 15.6 Å². The number of benzene rings is 9. The predicted octanol–water partition coefficient (Wildman–Crippen LogP) is 31.2. The van der Waals surface area contributed by atoms with Crippen molar-refractivity contribution in [1.29, 1.82) is 0 Å². The Hall–Kier alpha value is -8.17. The molecule has 0 aliphatic heterocycles. The van der Waals surface area contributed by atoms with Crippen molar-refractivity contribution in [3.8, 4) is 67.5 Å². The van der Waals surface area contributed by atoms with Gasteiger partial charge in [-0.1, -0.05) is 357 Å². The summed E-state index contributed by atoms with van der Waals surface area (Å²) in [5, 5.41) is 11.8. The van der Waals surface area contributed by atoms with Gasteiger partial charge in [0.2, 0.25) is 0 Å².